The fraction of sp³-hybridized carbons (Fsp3) is 0.333. The van der Waals surface area contributed by atoms with Gasteiger partial charge in [-0.15, -0.1) is 0 Å². The SMILES string of the molecule is CCc1ccc(C(=O)N2CCN(C(=O)c3ccc(NS(C)(=O)=O)cc3)CC2)cc1. The second-order valence-corrected chi connectivity index (χ2v) is 8.83. The van der Waals surface area contributed by atoms with Crippen molar-refractivity contribution in [3.05, 3.63) is 65.2 Å². The number of rotatable bonds is 5. The van der Waals surface area contributed by atoms with E-state index in [9.17, 15) is 18.0 Å². The average Bonchev–Trinajstić information content (AvgIpc) is 2.72. The Morgan fingerprint density at radius 3 is 1.62 bits per heavy atom. The number of carbonyl (C=O) groups is 2. The van der Waals surface area contributed by atoms with Gasteiger partial charge in [0, 0.05) is 43.0 Å². The normalized spacial score (nSPS) is 14.6. The summed E-state index contributed by atoms with van der Waals surface area (Å²) in [6, 6.07) is 14.0. The fourth-order valence-electron chi connectivity index (χ4n) is 3.26. The molecule has 0 aromatic heterocycles. The number of aryl methyl sites for hydroxylation is 1. The van der Waals surface area contributed by atoms with E-state index in [1.54, 1.807) is 34.1 Å². The maximum absolute atomic E-state index is 12.7. The van der Waals surface area contributed by atoms with Gasteiger partial charge in [-0.25, -0.2) is 8.42 Å². The first-order valence-electron chi connectivity index (χ1n) is 9.52. The van der Waals surface area contributed by atoms with E-state index < -0.39 is 10.0 Å². The van der Waals surface area contributed by atoms with Crippen LogP contribution in [0, 0.1) is 0 Å². The van der Waals surface area contributed by atoms with Crippen LogP contribution in [-0.2, 0) is 16.4 Å². The Morgan fingerprint density at radius 2 is 1.24 bits per heavy atom. The van der Waals surface area contributed by atoms with Crippen molar-refractivity contribution < 1.29 is 18.0 Å². The summed E-state index contributed by atoms with van der Waals surface area (Å²) in [6.45, 7) is 3.95. The number of amides is 2. The molecule has 1 saturated heterocycles. The van der Waals surface area contributed by atoms with Crippen LogP contribution in [0.5, 0.6) is 0 Å². The Bertz CT molecular complexity index is 978. The Labute approximate surface area is 171 Å². The molecule has 0 spiro atoms. The highest BCUT2D eigenvalue weighted by Gasteiger charge is 2.25. The Kier molecular flexibility index (Phi) is 6.22. The lowest BCUT2D eigenvalue weighted by atomic mass is 10.1. The number of hydrogen-bond acceptors (Lipinski definition) is 4. The van der Waals surface area contributed by atoms with E-state index in [1.807, 2.05) is 24.3 Å². The molecule has 0 radical (unpaired) electrons. The number of nitrogens with one attached hydrogen (secondary N) is 1. The molecular weight excluding hydrogens is 390 g/mol. The molecule has 1 aliphatic rings. The average molecular weight is 416 g/mol. The van der Waals surface area contributed by atoms with Gasteiger partial charge in [0.25, 0.3) is 11.8 Å². The number of carbonyl (C=O) groups excluding carboxylic acids is 2. The minimum atomic E-state index is -3.35. The van der Waals surface area contributed by atoms with Gasteiger partial charge in [-0.05, 0) is 48.4 Å². The van der Waals surface area contributed by atoms with E-state index in [0.717, 1.165) is 12.7 Å². The standard InChI is InChI=1S/C21H25N3O4S/c1-3-16-4-6-17(7-5-16)20(25)23-12-14-24(15-13-23)21(26)18-8-10-19(11-9-18)22-29(2,27)28/h4-11,22H,3,12-15H2,1-2H3. The molecule has 0 saturated carbocycles. The number of nitrogens with zero attached hydrogens (tertiary/aromatic N) is 2. The van der Waals surface area contributed by atoms with Gasteiger partial charge in [0.1, 0.15) is 0 Å². The molecular formula is C21H25N3O4S. The van der Waals surface area contributed by atoms with Gasteiger partial charge in [-0.2, -0.15) is 0 Å². The topological polar surface area (TPSA) is 86.8 Å². The maximum atomic E-state index is 12.7. The largest absolute Gasteiger partial charge is 0.335 e. The lowest BCUT2D eigenvalue weighted by Crippen LogP contribution is -2.50. The first-order chi connectivity index (χ1) is 13.8. The van der Waals surface area contributed by atoms with Gasteiger partial charge in [-0.3, -0.25) is 14.3 Å². The van der Waals surface area contributed by atoms with Crippen LogP contribution in [-0.4, -0.2) is 62.5 Å². The molecule has 1 fully saturated rings. The molecule has 29 heavy (non-hydrogen) atoms. The van der Waals surface area contributed by atoms with E-state index in [4.69, 9.17) is 0 Å². The smallest absolute Gasteiger partial charge is 0.253 e. The third kappa shape index (κ3) is 5.35. The minimum Gasteiger partial charge on any atom is -0.335 e. The monoisotopic (exact) mass is 415 g/mol. The molecule has 0 aliphatic carbocycles. The van der Waals surface area contributed by atoms with Gasteiger partial charge >= 0.3 is 0 Å². The van der Waals surface area contributed by atoms with Crippen LogP contribution in [0.2, 0.25) is 0 Å². The molecule has 1 heterocycles. The van der Waals surface area contributed by atoms with Crippen molar-refractivity contribution in [2.75, 3.05) is 37.2 Å². The molecule has 2 amide bonds. The zero-order valence-corrected chi connectivity index (χ0v) is 17.4. The van der Waals surface area contributed by atoms with Crippen LogP contribution in [0.15, 0.2) is 48.5 Å². The van der Waals surface area contributed by atoms with E-state index in [0.29, 0.717) is 43.0 Å². The zero-order chi connectivity index (χ0) is 21.0. The van der Waals surface area contributed by atoms with Gasteiger partial charge in [0.2, 0.25) is 10.0 Å². The summed E-state index contributed by atoms with van der Waals surface area (Å²) in [5.41, 5.74) is 2.75. The predicted octanol–water partition coefficient (Wildman–Crippen LogP) is 2.22. The first-order valence-corrected chi connectivity index (χ1v) is 11.4. The van der Waals surface area contributed by atoms with Crippen molar-refractivity contribution >= 4 is 27.5 Å². The van der Waals surface area contributed by atoms with E-state index in [2.05, 4.69) is 11.6 Å². The van der Waals surface area contributed by atoms with Crippen LogP contribution in [0.4, 0.5) is 5.69 Å². The number of benzene rings is 2. The summed E-state index contributed by atoms with van der Waals surface area (Å²) in [5, 5.41) is 0. The molecule has 1 N–H and O–H groups in total. The Hall–Kier alpha value is -2.87. The second kappa shape index (κ2) is 8.65. The van der Waals surface area contributed by atoms with Crippen LogP contribution in [0.1, 0.15) is 33.2 Å². The molecule has 7 nitrogen and oxygen atoms in total. The van der Waals surface area contributed by atoms with E-state index in [-0.39, 0.29) is 11.8 Å². The van der Waals surface area contributed by atoms with Crippen molar-refractivity contribution in [3.8, 4) is 0 Å². The van der Waals surface area contributed by atoms with Crippen molar-refractivity contribution in [3.63, 3.8) is 0 Å². The van der Waals surface area contributed by atoms with Crippen molar-refractivity contribution in [2.24, 2.45) is 0 Å². The molecule has 3 rings (SSSR count). The highest BCUT2D eigenvalue weighted by Crippen LogP contribution is 2.15. The number of anilines is 1. The summed E-state index contributed by atoms with van der Waals surface area (Å²) in [5.74, 6) is -0.147. The molecule has 1 aliphatic heterocycles. The maximum Gasteiger partial charge on any atom is 0.253 e. The summed E-state index contributed by atoms with van der Waals surface area (Å²) >= 11 is 0. The fourth-order valence-corrected chi connectivity index (χ4v) is 3.82. The van der Waals surface area contributed by atoms with Crippen molar-refractivity contribution in [2.45, 2.75) is 13.3 Å². The number of sulfonamides is 1. The first kappa shape index (κ1) is 20.9. The molecule has 8 heteroatoms. The highest BCUT2D eigenvalue weighted by molar-refractivity contribution is 7.92. The Morgan fingerprint density at radius 1 is 0.828 bits per heavy atom. The van der Waals surface area contributed by atoms with Crippen LogP contribution < -0.4 is 4.72 Å². The summed E-state index contributed by atoms with van der Waals surface area (Å²) in [7, 11) is -3.35. The number of hydrogen-bond donors (Lipinski definition) is 1. The van der Waals surface area contributed by atoms with Gasteiger partial charge in [0.05, 0.1) is 6.26 Å². The molecule has 2 aromatic carbocycles. The summed E-state index contributed by atoms with van der Waals surface area (Å²) in [6.07, 6.45) is 2.01. The van der Waals surface area contributed by atoms with Crippen LogP contribution >= 0.6 is 0 Å². The minimum absolute atomic E-state index is 0.0176. The van der Waals surface area contributed by atoms with E-state index >= 15 is 0 Å². The number of piperazine rings is 1. The molecule has 0 atom stereocenters. The van der Waals surface area contributed by atoms with Gasteiger partial charge in [0.15, 0.2) is 0 Å². The van der Waals surface area contributed by atoms with Crippen LogP contribution in [0.3, 0.4) is 0 Å². The third-order valence-electron chi connectivity index (χ3n) is 4.90. The zero-order valence-electron chi connectivity index (χ0n) is 16.6. The highest BCUT2D eigenvalue weighted by atomic mass is 32.2. The quantitative estimate of drug-likeness (QED) is 0.811. The lowest BCUT2D eigenvalue weighted by molar-refractivity contribution is 0.0535. The van der Waals surface area contributed by atoms with E-state index in [1.165, 1.54) is 5.56 Å². The summed E-state index contributed by atoms with van der Waals surface area (Å²) < 4.78 is 24.9. The third-order valence-corrected chi connectivity index (χ3v) is 5.50. The molecule has 0 unspecified atom stereocenters. The van der Waals surface area contributed by atoms with Crippen molar-refractivity contribution in [1.82, 2.24) is 9.80 Å². The van der Waals surface area contributed by atoms with Crippen LogP contribution in [0.25, 0.3) is 0 Å². The second-order valence-electron chi connectivity index (χ2n) is 7.09. The molecule has 2 aromatic rings. The molecule has 0 bridgehead atoms. The Balaban J connectivity index is 1.58. The summed E-state index contributed by atoms with van der Waals surface area (Å²) in [4.78, 5) is 28.8. The lowest BCUT2D eigenvalue weighted by Gasteiger charge is -2.35. The predicted molar refractivity (Wildman–Crippen MR) is 113 cm³/mol. The molecule has 154 valence electrons. The van der Waals surface area contributed by atoms with Gasteiger partial charge in [-0.1, -0.05) is 19.1 Å². The van der Waals surface area contributed by atoms with Gasteiger partial charge < -0.3 is 9.80 Å². The van der Waals surface area contributed by atoms with Crippen molar-refractivity contribution in [1.29, 1.82) is 0 Å².